The molecule has 0 aromatic carbocycles. The van der Waals surface area contributed by atoms with Gasteiger partial charge in [-0.15, -0.1) is 6.58 Å². The van der Waals surface area contributed by atoms with Crippen molar-refractivity contribution in [3.63, 3.8) is 0 Å². The molecule has 0 saturated heterocycles. The summed E-state index contributed by atoms with van der Waals surface area (Å²) in [5, 5.41) is 8.95. The van der Waals surface area contributed by atoms with Crippen molar-refractivity contribution in [3.8, 4) is 0 Å². The van der Waals surface area contributed by atoms with Crippen LogP contribution in [0.3, 0.4) is 0 Å². The Morgan fingerprint density at radius 3 is 3.00 bits per heavy atom. The largest absolute Gasteiger partial charge is 0.477 e. The Morgan fingerprint density at radius 2 is 2.43 bits per heavy atom. The third-order valence-corrected chi connectivity index (χ3v) is 2.18. The second-order valence-corrected chi connectivity index (χ2v) is 3.28. The predicted octanol–water partition coefficient (Wildman–Crippen LogP) is 2.46. The highest BCUT2D eigenvalue weighted by molar-refractivity contribution is 5.87. The molecular weight excluding hydrogens is 178 g/mol. The Morgan fingerprint density at radius 1 is 1.71 bits per heavy atom. The van der Waals surface area contributed by atoms with Crippen LogP contribution >= 0.6 is 0 Å². The van der Waals surface area contributed by atoms with Gasteiger partial charge in [0.25, 0.3) is 0 Å². The van der Waals surface area contributed by atoms with Gasteiger partial charge in [-0.3, -0.25) is 0 Å². The summed E-state index contributed by atoms with van der Waals surface area (Å²) in [5.74, 6) is -0.855. The van der Waals surface area contributed by atoms with Gasteiger partial charge in [0.2, 0.25) is 0 Å². The maximum atomic E-state index is 10.9. The minimum atomic E-state index is -0.855. The summed E-state index contributed by atoms with van der Waals surface area (Å²) in [6, 6.07) is 1.83. The molecule has 76 valence electrons. The lowest BCUT2D eigenvalue weighted by Crippen LogP contribution is -2.09. The summed E-state index contributed by atoms with van der Waals surface area (Å²) < 4.78 is 1.78. The minimum absolute atomic E-state index is 0.397. The number of hydrogen-bond donors (Lipinski definition) is 1. The Kier molecular flexibility index (Phi) is 3.51. The molecule has 0 aliphatic carbocycles. The average Bonchev–Trinajstić information content (AvgIpc) is 2.47. The Hall–Kier alpha value is -1.51. The number of aromatic carboxylic acids is 1. The van der Waals surface area contributed by atoms with E-state index >= 15 is 0 Å². The van der Waals surface area contributed by atoms with E-state index in [4.69, 9.17) is 5.11 Å². The first-order chi connectivity index (χ1) is 6.66. The predicted molar refractivity (Wildman–Crippen MR) is 55.6 cm³/mol. The van der Waals surface area contributed by atoms with E-state index in [9.17, 15) is 4.79 Å². The quantitative estimate of drug-likeness (QED) is 0.576. The maximum Gasteiger partial charge on any atom is 0.352 e. The van der Waals surface area contributed by atoms with Crippen molar-refractivity contribution in [3.05, 3.63) is 36.2 Å². The van der Waals surface area contributed by atoms with Gasteiger partial charge in [0.15, 0.2) is 0 Å². The highest BCUT2D eigenvalue weighted by atomic mass is 16.4. The van der Waals surface area contributed by atoms with Crippen LogP contribution in [-0.4, -0.2) is 15.6 Å². The molecule has 0 aliphatic heterocycles. The zero-order valence-electron chi connectivity index (χ0n) is 8.36. The Bertz CT molecular complexity index is 339. The standard InChI is InChI=1S/C11H15NO2/c1-3-4-5-7-12-8-6-9(2)10(12)11(13)14/h3,6,8H,1,4-5,7H2,2H3,(H,13,14). The third-order valence-electron chi connectivity index (χ3n) is 2.18. The second kappa shape index (κ2) is 4.65. The van der Waals surface area contributed by atoms with Crippen molar-refractivity contribution in [2.75, 3.05) is 0 Å². The van der Waals surface area contributed by atoms with E-state index in [1.54, 1.807) is 4.57 Å². The lowest BCUT2D eigenvalue weighted by Gasteiger charge is -2.05. The van der Waals surface area contributed by atoms with Crippen LogP contribution in [0.2, 0.25) is 0 Å². The van der Waals surface area contributed by atoms with Crippen LogP contribution in [0, 0.1) is 6.92 Å². The fraction of sp³-hybridized carbons (Fsp3) is 0.364. The molecule has 1 aromatic rings. The van der Waals surface area contributed by atoms with Crippen molar-refractivity contribution in [1.29, 1.82) is 0 Å². The van der Waals surface area contributed by atoms with E-state index in [-0.39, 0.29) is 0 Å². The van der Waals surface area contributed by atoms with Gasteiger partial charge in [0.1, 0.15) is 5.69 Å². The zero-order chi connectivity index (χ0) is 10.6. The lowest BCUT2D eigenvalue weighted by atomic mass is 10.2. The first kappa shape index (κ1) is 10.6. The van der Waals surface area contributed by atoms with Gasteiger partial charge in [-0.05, 0) is 31.4 Å². The molecule has 1 rings (SSSR count). The summed E-state index contributed by atoms with van der Waals surface area (Å²) in [5.41, 5.74) is 1.21. The number of allylic oxidation sites excluding steroid dienone is 1. The molecule has 0 bridgehead atoms. The van der Waals surface area contributed by atoms with Crippen LogP contribution < -0.4 is 0 Å². The molecule has 1 heterocycles. The highest BCUT2D eigenvalue weighted by Crippen LogP contribution is 2.11. The molecule has 0 unspecified atom stereocenters. The molecule has 3 heteroatoms. The summed E-state index contributed by atoms with van der Waals surface area (Å²) in [4.78, 5) is 10.9. The lowest BCUT2D eigenvalue weighted by molar-refractivity contribution is 0.0684. The van der Waals surface area contributed by atoms with Gasteiger partial charge >= 0.3 is 5.97 Å². The van der Waals surface area contributed by atoms with Crippen molar-refractivity contribution >= 4 is 5.97 Å². The minimum Gasteiger partial charge on any atom is -0.477 e. The zero-order valence-corrected chi connectivity index (χ0v) is 8.36. The van der Waals surface area contributed by atoms with Gasteiger partial charge in [0, 0.05) is 12.7 Å². The van der Waals surface area contributed by atoms with Crippen LogP contribution in [-0.2, 0) is 6.54 Å². The molecular formula is C11H15NO2. The second-order valence-electron chi connectivity index (χ2n) is 3.28. The molecule has 1 N–H and O–H groups in total. The number of carboxylic acids is 1. The average molecular weight is 193 g/mol. The van der Waals surface area contributed by atoms with Gasteiger partial charge in [-0.1, -0.05) is 6.08 Å². The monoisotopic (exact) mass is 193 g/mol. The van der Waals surface area contributed by atoms with Gasteiger partial charge in [0.05, 0.1) is 0 Å². The fourth-order valence-corrected chi connectivity index (χ4v) is 1.47. The molecule has 3 nitrogen and oxygen atoms in total. The number of aryl methyl sites for hydroxylation is 2. The number of carbonyl (C=O) groups is 1. The fourth-order valence-electron chi connectivity index (χ4n) is 1.47. The maximum absolute atomic E-state index is 10.9. The van der Waals surface area contributed by atoms with E-state index in [2.05, 4.69) is 6.58 Å². The molecule has 0 spiro atoms. The summed E-state index contributed by atoms with van der Waals surface area (Å²) >= 11 is 0. The number of rotatable bonds is 5. The summed E-state index contributed by atoms with van der Waals surface area (Å²) in [7, 11) is 0. The number of hydrogen-bond acceptors (Lipinski definition) is 1. The topological polar surface area (TPSA) is 42.2 Å². The van der Waals surface area contributed by atoms with E-state index in [0.29, 0.717) is 5.69 Å². The first-order valence-corrected chi connectivity index (χ1v) is 4.66. The Balaban J connectivity index is 2.76. The van der Waals surface area contributed by atoms with Gasteiger partial charge in [-0.2, -0.15) is 0 Å². The van der Waals surface area contributed by atoms with Crippen LogP contribution in [0.4, 0.5) is 0 Å². The Labute approximate surface area is 83.7 Å². The van der Waals surface area contributed by atoms with E-state index in [0.717, 1.165) is 24.9 Å². The van der Waals surface area contributed by atoms with Crippen molar-refractivity contribution < 1.29 is 9.90 Å². The van der Waals surface area contributed by atoms with Crippen LogP contribution in [0.15, 0.2) is 24.9 Å². The molecule has 0 aliphatic rings. The van der Waals surface area contributed by atoms with Crippen molar-refractivity contribution in [2.45, 2.75) is 26.3 Å². The molecule has 0 radical (unpaired) electrons. The number of carboxylic acid groups (broad SMARTS) is 1. The normalized spacial score (nSPS) is 10.1. The van der Waals surface area contributed by atoms with E-state index in [1.165, 1.54) is 0 Å². The SMILES string of the molecule is C=CCCCn1ccc(C)c1C(=O)O. The van der Waals surface area contributed by atoms with Crippen LogP contribution in [0.1, 0.15) is 28.9 Å². The highest BCUT2D eigenvalue weighted by Gasteiger charge is 2.12. The molecule has 0 amide bonds. The number of aromatic nitrogens is 1. The van der Waals surface area contributed by atoms with Crippen molar-refractivity contribution in [1.82, 2.24) is 4.57 Å². The van der Waals surface area contributed by atoms with Crippen LogP contribution in [0.5, 0.6) is 0 Å². The molecule has 0 atom stereocenters. The summed E-state index contributed by atoms with van der Waals surface area (Å²) in [6.45, 7) is 6.18. The first-order valence-electron chi connectivity index (χ1n) is 4.66. The van der Waals surface area contributed by atoms with Gasteiger partial charge in [-0.25, -0.2) is 4.79 Å². The van der Waals surface area contributed by atoms with Crippen LogP contribution in [0.25, 0.3) is 0 Å². The number of nitrogens with zero attached hydrogens (tertiary/aromatic N) is 1. The smallest absolute Gasteiger partial charge is 0.352 e. The van der Waals surface area contributed by atoms with Gasteiger partial charge < -0.3 is 9.67 Å². The third kappa shape index (κ3) is 2.25. The summed E-state index contributed by atoms with van der Waals surface area (Å²) in [6.07, 6.45) is 5.51. The number of unbranched alkanes of at least 4 members (excludes halogenated alkanes) is 1. The molecule has 1 aromatic heterocycles. The molecule has 0 saturated carbocycles. The van der Waals surface area contributed by atoms with Crippen molar-refractivity contribution in [2.24, 2.45) is 0 Å². The van der Waals surface area contributed by atoms with E-state index in [1.807, 2.05) is 25.3 Å². The van der Waals surface area contributed by atoms with E-state index < -0.39 is 5.97 Å². The molecule has 14 heavy (non-hydrogen) atoms. The molecule has 0 fully saturated rings.